The topological polar surface area (TPSA) is 38.0 Å². The molecule has 1 atom stereocenters. The lowest BCUT2D eigenvalue weighted by molar-refractivity contribution is 0.372. The Morgan fingerprint density at radius 2 is 2.06 bits per heavy atom. The van der Waals surface area contributed by atoms with Gasteiger partial charge >= 0.3 is 0 Å². The molecule has 2 nitrogen and oxygen atoms in total. The van der Waals surface area contributed by atoms with Crippen LogP contribution in [0.1, 0.15) is 42.9 Å². The van der Waals surface area contributed by atoms with Crippen LogP contribution in [0.2, 0.25) is 0 Å². The summed E-state index contributed by atoms with van der Waals surface area (Å²) in [5.41, 5.74) is 5.01. The summed E-state index contributed by atoms with van der Waals surface area (Å²) in [6, 6.07) is 5.12. The van der Waals surface area contributed by atoms with Crippen LogP contribution in [0, 0.1) is 18.7 Å². The minimum absolute atomic E-state index is 0.170. The van der Waals surface area contributed by atoms with E-state index in [0.717, 1.165) is 11.1 Å². The summed E-state index contributed by atoms with van der Waals surface area (Å²) in [6.07, 6.45) is 4.99. The molecule has 1 aromatic rings. The first-order valence-corrected chi connectivity index (χ1v) is 5.94. The van der Waals surface area contributed by atoms with Gasteiger partial charge in [0.25, 0.3) is 0 Å². The quantitative estimate of drug-likeness (QED) is 0.609. The van der Waals surface area contributed by atoms with Crippen LogP contribution in [0.5, 0.6) is 0 Å². The van der Waals surface area contributed by atoms with Gasteiger partial charge in [0.1, 0.15) is 5.82 Å². The molecule has 1 unspecified atom stereocenters. The molecular weight excluding hydrogens is 203 g/mol. The molecule has 0 radical (unpaired) electrons. The number of hydrogen-bond acceptors (Lipinski definition) is 2. The van der Waals surface area contributed by atoms with Gasteiger partial charge in [-0.1, -0.05) is 18.9 Å². The number of nitrogens with one attached hydrogen (secondary N) is 1. The van der Waals surface area contributed by atoms with Crippen molar-refractivity contribution in [1.82, 2.24) is 5.43 Å². The Bertz CT molecular complexity index is 359. The van der Waals surface area contributed by atoms with E-state index in [1.807, 2.05) is 13.0 Å². The zero-order valence-corrected chi connectivity index (χ0v) is 9.67. The highest BCUT2D eigenvalue weighted by molar-refractivity contribution is 5.30. The number of aryl methyl sites for hydroxylation is 1. The lowest BCUT2D eigenvalue weighted by Gasteiger charge is -2.24. The minimum Gasteiger partial charge on any atom is -0.271 e. The van der Waals surface area contributed by atoms with E-state index in [2.05, 4.69) is 5.43 Å². The first-order chi connectivity index (χ1) is 7.72. The van der Waals surface area contributed by atoms with Crippen LogP contribution in [0.15, 0.2) is 18.2 Å². The van der Waals surface area contributed by atoms with Gasteiger partial charge in [0, 0.05) is 6.04 Å². The highest BCUT2D eigenvalue weighted by atomic mass is 19.1. The Kier molecular flexibility index (Phi) is 3.56. The Balaban J connectivity index is 2.25. The molecule has 0 bridgehead atoms. The second kappa shape index (κ2) is 4.93. The first-order valence-electron chi connectivity index (χ1n) is 5.94. The molecule has 88 valence electrons. The predicted molar refractivity (Wildman–Crippen MR) is 63.2 cm³/mol. The summed E-state index contributed by atoms with van der Waals surface area (Å²) >= 11 is 0. The van der Waals surface area contributed by atoms with E-state index in [-0.39, 0.29) is 11.9 Å². The van der Waals surface area contributed by atoms with E-state index in [1.54, 1.807) is 6.07 Å². The van der Waals surface area contributed by atoms with Crippen molar-refractivity contribution < 1.29 is 4.39 Å². The second-order valence-corrected chi connectivity index (χ2v) is 4.69. The van der Waals surface area contributed by atoms with E-state index in [0.29, 0.717) is 5.92 Å². The van der Waals surface area contributed by atoms with Gasteiger partial charge in [-0.2, -0.15) is 0 Å². The fourth-order valence-corrected chi connectivity index (χ4v) is 2.76. The molecule has 1 aromatic carbocycles. The van der Waals surface area contributed by atoms with Crippen molar-refractivity contribution in [2.45, 2.75) is 38.6 Å². The van der Waals surface area contributed by atoms with Crippen LogP contribution >= 0.6 is 0 Å². The van der Waals surface area contributed by atoms with Gasteiger partial charge < -0.3 is 0 Å². The Hall–Kier alpha value is -0.930. The summed E-state index contributed by atoms with van der Waals surface area (Å²) in [5, 5.41) is 0. The molecule has 1 saturated carbocycles. The van der Waals surface area contributed by atoms with Crippen molar-refractivity contribution >= 4 is 0 Å². The standard InChI is InChI=1S/C13H19FN2/c1-9-8-11(14)6-7-12(9)13(16-15)10-4-2-3-5-10/h6-8,10,13,16H,2-5,15H2,1H3. The van der Waals surface area contributed by atoms with Crippen LogP contribution in [0.3, 0.4) is 0 Å². The average molecular weight is 222 g/mol. The predicted octanol–water partition coefficient (Wildman–Crippen LogP) is 2.83. The van der Waals surface area contributed by atoms with Crippen molar-refractivity contribution in [3.05, 3.63) is 35.1 Å². The van der Waals surface area contributed by atoms with Crippen LogP contribution in [0.25, 0.3) is 0 Å². The van der Waals surface area contributed by atoms with Gasteiger partial charge in [0.15, 0.2) is 0 Å². The third-order valence-corrected chi connectivity index (χ3v) is 3.62. The van der Waals surface area contributed by atoms with Crippen LogP contribution in [-0.2, 0) is 0 Å². The maximum atomic E-state index is 13.0. The fraction of sp³-hybridized carbons (Fsp3) is 0.538. The highest BCUT2D eigenvalue weighted by Gasteiger charge is 2.26. The summed E-state index contributed by atoms with van der Waals surface area (Å²) in [7, 11) is 0. The molecule has 0 heterocycles. The van der Waals surface area contributed by atoms with Crippen molar-refractivity contribution in [1.29, 1.82) is 0 Å². The first kappa shape index (κ1) is 11.6. The normalized spacial score (nSPS) is 18.9. The van der Waals surface area contributed by atoms with Gasteiger partial charge in [0.2, 0.25) is 0 Å². The zero-order valence-electron chi connectivity index (χ0n) is 9.67. The summed E-state index contributed by atoms with van der Waals surface area (Å²) in [4.78, 5) is 0. The molecule has 1 fully saturated rings. The molecular formula is C13H19FN2. The SMILES string of the molecule is Cc1cc(F)ccc1C(NN)C1CCCC1. The monoisotopic (exact) mass is 222 g/mol. The highest BCUT2D eigenvalue weighted by Crippen LogP contribution is 2.36. The third-order valence-electron chi connectivity index (χ3n) is 3.62. The smallest absolute Gasteiger partial charge is 0.123 e. The molecule has 0 amide bonds. The number of benzene rings is 1. The molecule has 0 saturated heterocycles. The van der Waals surface area contributed by atoms with Gasteiger partial charge in [-0.25, -0.2) is 4.39 Å². The van der Waals surface area contributed by atoms with Crippen molar-refractivity contribution in [3.8, 4) is 0 Å². The molecule has 0 aromatic heterocycles. The Morgan fingerprint density at radius 1 is 1.38 bits per heavy atom. The molecule has 3 heteroatoms. The van der Waals surface area contributed by atoms with Gasteiger partial charge in [0.05, 0.1) is 0 Å². The maximum absolute atomic E-state index is 13.0. The van der Waals surface area contributed by atoms with Gasteiger partial charge in [-0.15, -0.1) is 0 Å². The van der Waals surface area contributed by atoms with E-state index in [4.69, 9.17) is 5.84 Å². The number of hydrogen-bond donors (Lipinski definition) is 2. The summed E-state index contributed by atoms with van der Waals surface area (Å²) in [6.45, 7) is 1.94. The van der Waals surface area contributed by atoms with Crippen molar-refractivity contribution in [3.63, 3.8) is 0 Å². The van der Waals surface area contributed by atoms with Crippen molar-refractivity contribution in [2.24, 2.45) is 11.8 Å². The van der Waals surface area contributed by atoms with Crippen LogP contribution < -0.4 is 11.3 Å². The lowest BCUT2D eigenvalue weighted by Crippen LogP contribution is -2.33. The number of hydrazine groups is 1. The average Bonchev–Trinajstić information content (AvgIpc) is 2.75. The molecule has 1 aliphatic rings. The molecule has 2 rings (SSSR count). The third kappa shape index (κ3) is 2.25. The van der Waals surface area contributed by atoms with Crippen LogP contribution in [0.4, 0.5) is 4.39 Å². The fourth-order valence-electron chi connectivity index (χ4n) is 2.76. The number of rotatable bonds is 3. The molecule has 0 aliphatic heterocycles. The Labute approximate surface area is 96.0 Å². The largest absolute Gasteiger partial charge is 0.271 e. The van der Waals surface area contributed by atoms with E-state index in [9.17, 15) is 4.39 Å². The number of halogens is 1. The van der Waals surface area contributed by atoms with Gasteiger partial charge in [-0.3, -0.25) is 11.3 Å². The molecule has 1 aliphatic carbocycles. The van der Waals surface area contributed by atoms with E-state index in [1.165, 1.54) is 31.7 Å². The minimum atomic E-state index is -0.177. The van der Waals surface area contributed by atoms with E-state index >= 15 is 0 Å². The second-order valence-electron chi connectivity index (χ2n) is 4.69. The van der Waals surface area contributed by atoms with Crippen LogP contribution in [-0.4, -0.2) is 0 Å². The zero-order chi connectivity index (χ0) is 11.5. The van der Waals surface area contributed by atoms with Gasteiger partial charge in [-0.05, 0) is 48.9 Å². The molecule has 3 N–H and O–H groups in total. The van der Waals surface area contributed by atoms with E-state index < -0.39 is 0 Å². The lowest BCUT2D eigenvalue weighted by atomic mass is 9.89. The molecule has 16 heavy (non-hydrogen) atoms. The summed E-state index contributed by atoms with van der Waals surface area (Å²) < 4.78 is 13.0. The summed E-state index contributed by atoms with van der Waals surface area (Å²) in [5.74, 6) is 6.06. The number of nitrogens with two attached hydrogens (primary N) is 1. The maximum Gasteiger partial charge on any atom is 0.123 e. The Morgan fingerprint density at radius 3 is 2.62 bits per heavy atom. The molecule has 0 spiro atoms. The van der Waals surface area contributed by atoms with Crippen molar-refractivity contribution in [2.75, 3.05) is 0 Å².